The van der Waals surface area contributed by atoms with E-state index in [9.17, 15) is 4.79 Å². The summed E-state index contributed by atoms with van der Waals surface area (Å²) in [6.45, 7) is 0.379. The van der Waals surface area contributed by atoms with Gasteiger partial charge in [0, 0.05) is 11.6 Å². The van der Waals surface area contributed by atoms with Crippen molar-refractivity contribution in [3.63, 3.8) is 0 Å². The van der Waals surface area contributed by atoms with Crippen LogP contribution in [0.4, 0.5) is 0 Å². The van der Waals surface area contributed by atoms with Crippen LogP contribution in [0.15, 0.2) is 42.5 Å². The zero-order valence-corrected chi connectivity index (χ0v) is 11.5. The maximum absolute atomic E-state index is 12.8. The number of hydrogen-bond acceptors (Lipinski definition) is 4. The molecule has 0 spiro atoms. The summed E-state index contributed by atoms with van der Waals surface area (Å²) in [5.74, 6) is 1.81. The highest BCUT2D eigenvalue weighted by Gasteiger charge is 2.42. The molecule has 2 atom stereocenters. The van der Waals surface area contributed by atoms with Crippen molar-refractivity contribution in [2.75, 3.05) is 13.7 Å². The van der Waals surface area contributed by atoms with Gasteiger partial charge in [-0.05, 0) is 18.2 Å². The fraction of sp³-hybridized carbons (Fsp3) is 0.235. The zero-order chi connectivity index (χ0) is 14.4. The van der Waals surface area contributed by atoms with Crippen LogP contribution in [0.1, 0.15) is 21.8 Å². The summed E-state index contributed by atoms with van der Waals surface area (Å²) in [5, 5.41) is 0. The molecule has 0 unspecified atom stereocenters. The second kappa shape index (κ2) is 4.52. The van der Waals surface area contributed by atoms with E-state index in [0.717, 1.165) is 11.3 Å². The van der Waals surface area contributed by atoms with Gasteiger partial charge in [0.25, 0.3) is 0 Å². The molecule has 2 aliphatic rings. The summed E-state index contributed by atoms with van der Waals surface area (Å²) in [6, 6.07) is 13.0. The predicted molar refractivity (Wildman–Crippen MR) is 76.4 cm³/mol. The number of ketones is 1. The molecule has 4 rings (SSSR count). The molecule has 2 aromatic rings. The van der Waals surface area contributed by atoms with Crippen LogP contribution in [0.2, 0.25) is 0 Å². The summed E-state index contributed by atoms with van der Waals surface area (Å²) in [4.78, 5) is 12.8. The van der Waals surface area contributed by atoms with Crippen LogP contribution in [-0.4, -0.2) is 25.6 Å². The highest BCUT2D eigenvalue weighted by Crippen LogP contribution is 2.43. The number of methoxy groups -OCH3 is 1. The number of carbonyl (C=O) groups excluding carboxylic acids is 1. The summed E-state index contributed by atoms with van der Waals surface area (Å²) in [5.41, 5.74) is 1.51. The Kier molecular flexibility index (Phi) is 2.64. The van der Waals surface area contributed by atoms with Gasteiger partial charge in [-0.1, -0.05) is 18.2 Å². The maximum atomic E-state index is 12.8. The lowest BCUT2D eigenvalue weighted by Gasteiger charge is -2.36. The van der Waals surface area contributed by atoms with E-state index in [1.807, 2.05) is 24.3 Å². The first-order chi connectivity index (χ1) is 10.3. The molecule has 0 saturated carbocycles. The van der Waals surface area contributed by atoms with Crippen molar-refractivity contribution in [3.05, 3.63) is 53.6 Å². The Morgan fingerprint density at radius 1 is 1.14 bits per heavy atom. The fourth-order valence-electron chi connectivity index (χ4n) is 3.01. The van der Waals surface area contributed by atoms with E-state index in [1.165, 1.54) is 0 Å². The second-order valence-electron chi connectivity index (χ2n) is 5.21. The van der Waals surface area contributed by atoms with Crippen molar-refractivity contribution in [1.82, 2.24) is 0 Å². The van der Waals surface area contributed by atoms with Gasteiger partial charge in [-0.2, -0.15) is 0 Å². The molecule has 0 bridgehead atoms. The molecule has 0 saturated heterocycles. The molecule has 2 aliphatic heterocycles. The molecule has 0 aliphatic carbocycles. The minimum atomic E-state index is -0.296. The van der Waals surface area contributed by atoms with Gasteiger partial charge in [-0.15, -0.1) is 0 Å². The highest BCUT2D eigenvalue weighted by molar-refractivity contribution is 6.05. The highest BCUT2D eigenvalue weighted by atomic mass is 16.5. The lowest BCUT2D eigenvalue weighted by atomic mass is 9.82. The van der Waals surface area contributed by atoms with Crippen LogP contribution in [0, 0.1) is 0 Å². The van der Waals surface area contributed by atoms with Crippen LogP contribution in [0.5, 0.6) is 17.2 Å². The molecule has 2 heterocycles. The van der Waals surface area contributed by atoms with Crippen molar-refractivity contribution in [1.29, 1.82) is 0 Å². The summed E-state index contributed by atoms with van der Waals surface area (Å²) in [7, 11) is 1.59. The number of benzene rings is 2. The smallest absolute Gasteiger partial charge is 0.178 e. The third-order valence-electron chi connectivity index (χ3n) is 4.04. The molecule has 21 heavy (non-hydrogen) atoms. The Labute approximate surface area is 122 Å². The van der Waals surface area contributed by atoms with E-state index in [1.54, 1.807) is 25.3 Å². The van der Waals surface area contributed by atoms with E-state index in [4.69, 9.17) is 14.2 Å². The van der Waals surface area contributed by atoms with Crippen LogP contribution in [0.25, 0.3) is 0 Å². The van der Waals surface area contributed by atoms with Crippen molar-refractivity contribution >= 4 is 5.78 Å². The van der Waals surface area contributed by atoms with E-state index >= 15 is 0 Å². The minimum absolute atomic E-state index is 0.0830. The average Bonchev–Trinajstić information content (AvgIpc) is 2.54. The average molecular weight is 282 g/mol. The predicted octanol–water partition coefficient (Wildman–Crippen LogP) is 2.82. The number of ether oxygens (including phenoxy) is 3. The molecule has 0 amide bonds. The Morgan fingerprint density at radius 2 is 2.00 bits per heavy atom. The SMILES string of the molecule is COc1ccc2c(c1)O[C@@H]1COc3ccccc3[C@@H]1C2=O. The number of fused-ring (bicyclic) bond motifs is 4. The van der Waals surface area contributed by atoms with E-state index in [2.05, 4.69) is 0 Å². The Hall–Kier alpha value is -2.49. The lowest BCUT2D eigenvalue weighted by molar-refractivity contribution is 0.0559. The van der Waals surface area contributed by atoms with Crippen molar-refractivity contribution in [3.8, 4) is 17.2 Å². The Balaban J connectivity index is 1.82. The van der Waals surface area contributed by atoms with Gasteiger partial charge >= 0.3 is 0 Å². The summed E-state index contributed by atoms with van der Waals surface area (Å²) in [6.07, 6.45) is -0.285. The number of carbonyl (C=O) groups is 1. The van der Waals surface area contributed by atoms with Gasteiger partial charge in [0.05, 0.1) is 18.6 Å². The third-order valence-corrected chi connectivity index (χ3v) is 4.04. The molecular weight excluding hydrogens is 268 g/mol. The molecule has 2 aromatic carbocycles. The largest absolute Gasteiger partial charge is 0.497 e. The van der Waals surface area contributed by atoms with E-state index < -0.39 is 0 Å². The first kappa shape index (κ1) is 12.3. The van der Waals surface area contributed by atoms with Gasteiger partial charge in [0.15, 0.2) is 5.78 Å². The van der Waals surface area contributed by atoms with Gasteiger partial charge in [0.2, 0.25) is 0 Å². The molecule has 4 heteroatoms. The fourth-order valence-corrected chi connectivity index (χ4v) is 3.01. The van der Waals surface area contributed by atoms with Gasteiger partial charge in [0.1, 0.15) is 30.0 Å². The zero-order valence-electron chi connectivity index (χ0n) is 11.5. The molecule has 0 aromatic heterocycles. The number of rotatable bonds is 1. The molecule has 106 valence electrons. The minimum Gasteiger partial charge on any atom is -0.497 e. The van der Waals surface area contributed by atoms with Crippen LogP contribution in [0.3, 0.4) is 0 Å². The molecule has 0 N–H and O–H groups in total. The monoisotopic (exact) mass is 282 g/mol. The molecular formula is C17H14O4. The second-order valence-corrected chi connectivity index (χ2v) is 5.21. The van der Waals surface area contributed by atoms with Gasteiger partial charge in [-0.25, -0.2) is 0 Å². The molecule has 4 nitrogen and oxygen atoms in total. The quantitative estimate of drug-likeness (QED) is 0.807. The summed E-state index contributed by atoms with van der Waals surface area (Å²) < 4.78 is 16.9. The van der Waals surface area contributed by atoms with Crippen molar-refractivity contribution in [2.45, 2.75) is 12.0 Å². The van der Waals surface area contributed by atoms with E-state index in [-0.39, 0.29) is 17.8 Å². The Morgan fingerprint density at radius 3 is 2.86 bits per heavy atom. The maximum Gasteiger partial charge on any atom is 0.178 e. The normalized spacial score (nSPS) is 22.2. The number of Topliss-reactive ketones (excluding diaryl/α,β-unsaturated/α-hetero) is 1. The Bertz CT molecular complexity index is 722. The van der Waals surface area contributed by atoms with Gasteiger partial charge in [-0.3, -0.25) is 4.79 Å². The van der Waals surface area contributed by atoms with Crippen LogP contribution >= 0.6 is 0 Å². The number of hydrogen-bond donors (Lipinski definition) is 0. The molecule has 0 radical (unpaired) electrons. The lowest BCUT2D eigenvalue weighted by Crippen LogP contribution is -2.42. The van der Waals surface area contributed by atoms with E-state index in [0.29, 0.717) is 23.7 Å². The molecule has 0 fully saturated rings. The first-order valence-electron chi connectivity index (χ1n) is 6.88. The topological polar surface area (TPSA) is 44.8 Å². The van der Waals surface area contributed by atoms with Crippen molar-refractivity contribution < 1.29 is 19.0 Å². The third kappa shape index (κ3) is 1.79. The van der Waals surface area contributed by atoms with Gasteiger partial charge < -0.3 is 14.2 Å². The number of para-hydroxylation sites is 1. The van der Waals surface area contributed by atoms with Crippen LogP contribution < -0.4 is 14.2 Å². The standard InChI is InChI=1S/C17H14O4/c1-19-10-6-7-12-14(8-10)21-15-9-20-13-5-3-2-4-11(13)16(15)17(12)18/h2-8,15-16H,9H2,1H3/t15-,16+/m1/s1. The summed E-state index contributed by atoms with van der Waals surface area (Å²) >= 11 is 0. The first-order valence-corrected chi connectivity index (χ1v) is 6.88. The van der Waals surface area contributed by atoms with Crippen molar-refractivity contribution in [2.24, 2.45) is 0 Å². The van der Waals surface area contributed by atoms with Crippen LogP contribution in [-0.2, 0) is 0 Å².